The zero-order valence-corrected chi connectivity index (χ0v) is 14.8. The van der Waals surface area contributed by atoms with Crippen LogP contribution < -0.4 is 11.1 Å². The maximum absolute atomic E-state index is 12.9. The predicted molar refractivity (Wildman–Crippen MR) is 98.4 cm³/mol. The molecule has 0 atom stereocenters. The number of nitrogens with zero attached hydrogens (tertiary/aromatic N) is 2. The van der Waals surface area contributed by atoms with Crippen molar-refractivity contribution in [2.24, 2.45) is 7.05 Å². The molecular weight excluding hydrogens is 316 g/mol. The van der Waals surface area contributed by atoms with E-state index in [0.29, 0.717) is 16.6 Å². The second-order valence-electron chi connectivity index (χ2n) is 6.44. The van der Waals surface area contributed by atoms with Crippen LogP contribution in [-0.4, -0.2) is 14.9 Å². The van der Waals surface area contributed by atoms with Gasteiger partial charge in [-0.05, 0) is 44.0 Å². The standard InChI is InChI=1S/C20H20N2O3/c1-12-9-13(2)18(14(3)10-12)17(23)11-22-16-8-6-5-7-15(16)21(4)19(24)20(22)25/h5-10H,11H2,1-4H3. The van der Waals surface area contributed by atoms with Crippen LogP contribution in [0.5, 0.6) is 0 Å². The molecule has 0 spiro atoms. The minimum absolute atomic E-state index is 0.153. The summed E-state index contributed by atoms with van der Waals surface area (Å²) in [6, 6.07) is 11.0. The molecule has 128 valence electrons. The SMILES string of the molecule is Cc1cc(C)c(C(=O)Cn2c(=O)c(=O)n(C)c3ccccc32)c(C)c1. The fourth-order valence-electron chi connectivity index (χ4n) is 3.45. The maximum atomic E-state index is 12.9. The first-order valence-corrected chi connectivity index (χ1v) is 8.11. The number of carbonyl (C=O) groups is 1. The minimum atomic E-state index is -0.683. The van der Waals surface area contributed by atoms with Crippen molar-refractivity contribution >= 4 is 16.8 Å². The molecule has 2 aromatic carbocycles. The molecule has 0 fully saturated rings. The van der Waals surface area contributed by atoms with Gasteiger partial charge in [0.2, 0.25) is 0 Å². The van der Waals surface area contributed by atoms with Crippen LogP contribution in [0.2, 0.25) is 0 Å². The third-order valence-corrected chi connectivity index (χ3v) is 4.52. The van der Waals surface area contributed by atoms with E-state index in [0.717, 1.165) is 16.7 Å². The van der Waals surface area contributed by atoms with Gasteiger partial charge in [0, 0.05) is 12.6 Å². The maximum Gasteiger partial charge on any atom is 0.317 e. The normalized spacial score (nSPS) is 11.0. The Balaban J connectivity index is 2.18. The van der Waals surface area contributed by atoms with E-state index in [-0.39, 0.29) is 12.3 Å². The number of benzene rings is 2. The van der Waals surface area contributed by atoms with E-state index < -0.39 is 11.1 Å². The smallest absolute Gasteiger partial charge is 0.305 e. The molecule has 3 aromatic rings. The molecule has 0 aliphatic carbocycles. The Kier molecular flexibility index (Phi) is 4.17. The van der Waals surface area contributed by atoms with E-state index in [9.17, 15) is 14.4 Å². The summed E-state index contributed by atoms with van der Waals surface area (Å²) in [4.78, 5) is 37.6. The quantitative estimate of drug-likeness (QED) is 0.545. The van der Waals surface area contributed by atoms with Crippen molar-refractivity contribution < 1.29 is 4.79 Å². The number of carbonyl (C=O) groups excluding carboxylic acids is 1. The first-order chi connectivity index (χ1) is 11.8. The van der Waals surface area contributed by atoms with Crippen molar-refractivity contribution in [2.45, 2.75) is 27.3 Å². The topological polar surface area (TPSA) is 61.1 Å². The zero-order valence-electron chi connectivity index (χ0n) is 14.8. The lowest BCUT2D eigenvalue weighted by molar-refractivity contribution is 0.0971. The Bertz CT molecular complexity index is 1100. The first-order valence-electron chi connectivity index (χ1n) is 8.11. The van der Waals surface area contributed by atoms with Crippen molar-refractivity contribution in [3.63, 3.8) is 0 Å². The van der Waals surface area contributed by atoms with Crippen LogP contribution in [0, 0.1) is 20.8 Å². The highest BCUT2D eigenvalue weighted by Crippen LogP contribution is 2.18. The number of ketones is 1. The van der Waals surface area contributed by atoms with Gasteiger partial charge in [-0.3, -0.25) is 19.0 Å². The van der Waals surface area contributed by atoms with Crippen LogP contribution in [0.4, 0.5) is 0 Å². The summed E-state index contributed by atoms with van der Waals surface area (Å²) >= 11 is 0. The summed E-state index contributed by atoms with van der Waals surface area (Å²) in [6.07, 6.45) is 0. The number of aryl methyl sites for hydroxylation is 4. The van der Waals surface area contributed by atoms with Crippen LogP contribution in [0.3, 0.4) is 0 Å². The molecule has 0 unspecified atom stereocenters. The fourth-order valence-corrected chi connectivity index (χ4v) is 3.45. The third kappa shape index (κ3) is 2.82. The Labute approximate surface area is 145 Å². The average Bonchev–Trinajstić information content (AvgIpc) is 2.56. The van der Waals surface area contributed by atoms with E-state index >= 15 is 0 Å². The Morgan fingerprint density at radius 1 is 0.920 bits per heavy atom. The van der Waals surface area contributed by atoms with Crippen molar-refractivity contribution in [1.82, 2.24) is 9.13 Å². The van der Waals surface area contributed by atoms with Gasteiger partial charge in [-0.2, -0.15) is 0 Å². The van der Waals surface area contributed by atoms with Crippen LogP contribution >= 0.6 is 0 Å². The van der Waals surface area contributed by atoms with Crippen LogP contribution in [-0.2, 0) is 13.6 Å². The lowest BCUT2D eigenvalue weighted by atomic mass is 9.96. The second kappa shape index (κ2) is 6.16. The number of hydrogen-bond acceptors (Lipinski definition) is 3. The van der Waals surface area contributed by atoms with E-state index in [4.69, 9.17) is 0 Å². The largest absolute Gasteiger partial charge is 0.317 e. The number of aromatic nitrogens is 2. The zero-order chi connectivity index (χ0) is 18.3. The summed E-state index contributed by atoms with van der Waals surface area (Å²) in [5.41, 5.74) is 3.33. The van der Waals surface area contributed by atoms with Crippen LogP contribution in [0.1, 0.15) is 27.0 Å². The van der Waals surface area contributed by atoms with E-state index in [1.165, 1.54) is 9.13 Å². The van der Waals surface area contributed by atoms with Crippen LogP contribution in [0.15, 0.2) is 46.0 Å². The molecule has 1 aromatic heterocycles. The van der Waals surface area contributed by atoms with Gasteiger partial charge < -0.3 is 4.57 Å². The van der Waals surface area contributed by atoms with Gasteiger partial charge in [-0.15, -0.1) is 0 Å². The molecule has 5 nitrogen and oxygen atoms in total. The molecule has 0 amide bonds. The van der Waals surface area contributed by atoms with Gasteiger partial charge >= 0.3 is 11.1 Å². The van der Waals surface area contributed by atoms with Gasteiger partial charge in [-0.1, -0.05) is 29.8 Å². The Morgan fingerprint density at radius 2 is 1.48 bits per heavy atom. The summed E-state index contributed by atoms with van der Waals surface area (Å²) < 4.78 is 2.60. The number of hydrogen-bond donors (Lipinski definition) is 0. The molecular formula is C20H20N2O3. The van der Waals surface area contributed by atoms with Gasteiger partial charge in [0.25, 0.3) is 0 Å². The molecule has 0 aliphatic rings. The van der Waals surface area contributed by atoms with Crippen molar-refractivity contribution in [1.29, 1.82) is 0 Å². The van der Waals surface area contributed by atoms with Crippen molar-refractivity contribution in [2.75, 3.05) is 0 Å². The van der Waals surface area contributed by atoms with Gasteiger partial charge in [0.05, 0.1) is 17.6 Å². The molecule has 1 heterocycles. The predicted octanol–water partition coefficient (Wildman–Crippen LogP) is 2.51. The number of para-hydroxylation sites is 2. The van der Waals surface area contributed by atoms with E-state index in [2.05, 4.69) is 0 Å². The molecule has 0 radical (unpaired) electrons. The first kappa shape index (κ1) is 16.9. The van der Waals surface area contributed by atoms with E-state index in [1.807, 2.05) is 32.9 Å². The highest BCUT2D eigenvalue weighted by molar-refractivity contribution is 5.99. The van der Waals surface area contributed by atoms with Crippen molar-refractivity contribution in [3.05, 3.63) is 79.4 Å². The molecule has 0 N–H and O–H groups in total. The molecule has 0 saturated carbocycles. The van der Waals surface area contributed by atoms with Crippen LogP contribution in [0.25, 0.3) is 11.0 Å². The lowest BCUT2D eigenvalue weighted by Gasteiger charge is -2.14. The van der Waals surface area contributed by atoms with Gasteiger partial charge in [0.1, 0.15) is 0 Å². The number of rotatable bonds is 3. The summed E-state index contributed by atoms with van der Waals surface area (Å²) in [5.74, 6) is -0.171. The number of Topliss-reactive ketones (excluding diaryl/α,β-unsaturated/α-hetero) is 1. The molecule has 25 heavy (non-hydrogen) atoms. The van der Waals surface area contributed by atoms with E-state index in [1.54, 1.807) is 31.3 Å². The Morgan fingerprint density at radius 3 is 2.08 bits per heavy atom. The van der Waals surface area contributed by atoms with Gasteiger partial charge in [-0.25, -0.2) is 0 Å². The second-order valence-corrected chi connectivity index (χ2v) is 6.44. The highest BCUT2D eigenvalue weighted by Gasteiger charge is 2.17. The molecule has 3 rings (SSSR count). The summed E-state index contributed by atoms with van der Waals surface area (Å²) in [6.45, 7) is 5.60. The van der Waals surface area contributed by atoms with Crippen molar-refractivity contribution in [3.8, 4) is 0 Å². The molecule has 0 aliphatic heterocycles. The summed E-state index contributed by atoms with van der Waals surface area (Å²) in [5, 5.41) is 0. The monoisotopic (exact) mass is 336 g/mol. The fraction of sp³-hybridized carbons (Fsp3) is 0.250. The lowest BCUT2D eigenvalue weighted by Crippen LogP contribution is -2.41. The molecule has 0 bridgehead atoms. The Hall–Kier alpha value is -2.95. The average molecular weight is 336 g/mol. The number of fused-ring (bicyclic) bond motifs is 1. The van der Waals surface area contributed by atoms with Gasteiger partial charge in [0.15, 0.2) is 5.78 Å². The minimum Gasteiger partial charge on any atom is -0.305 e. The third-order valence-electron chi connectivity index (χ3n) is 4.52. The molecule has 0 saturated heterocycles. The highest BCUT2D eigenvalue weighted by atomic mass is 16.2. The molecule has 5 heteroatoms. The summed E-state index contributed by atoms with van der Waals surface area (Å²) in [7, 11) is 1.56.